The number of carbonyl (C=O) groups is 1. The minimum Gasteiger partial charge on any atom is -0.488 e. The highest BCUT2D eigenvalue weighted by Gasteiger charge is 2.42. The molecule has 0 bridgehead atoms. The summed E-state index contributed by atoms with van der Waals surface area (Å²) in [5, 5.41) is 3.10. The van der Waals surface area contributed by atoms with E-state index in [0.717, 1.165) is 47.4 Å². The molecule has 166 valence electrons. The van der Waals surface area contributed by atoms with Gasteiger partial charge in [0, 0.05) is 11.3 Å². The van der Waals surface area contributed by atoms with Crippen LogP contribution in [0, 0.1) is 19.7 Å². The Morgan fingerprint density at radius 3 is 2.22 bits per heavy atom. The second-order valence-corrected chi connectivity index (χ2v) is 8.79. The monoisotopic (exact) mass is 431 g/mol. The number of hydrogen-bond acceptors (Lipinski definition) is 2. The summed E-state index contributed by atoms with van der Waals surface area (Å²) >= 11 is 0. The fourth-order valence-electron chi connectivity index (χ4n) is 4.85. The van der Waals surface area contributed by atoms with Crippen molar-refractivity contribution in [2.45, 2.75) is 58.0 Å². The molecule has 0 spiro atoms. The number of benzene rings is 3. The summed E-state index contributed by atoms with van der Waals surface area (Å²) in [7, 11) is 0. The topological polar surface area (TPSA) is 38.3 Å². The number of hydrogen-bond donors (Lipinski definition) is 1. The van der Waals surface area contributed by atoms with E-state index < -0.39 is 5.41 Å². The van der Waals surface area contributed by atoms with Crippen LogP contribution in [0.2, 0.25) is 0 Å². The maximum Gasteiger partial charge on any atom is 0.235 e. The molecule has 0 aliphatic heterocycles. The molecule has 1 N–H and O–H groups in total. The van der Waals surface area contributed by atoms with Crippen LogP contribution < -0.4 is 10.1 Å². The van der Waals surface area contributed by atoms with Crippen molar-refractivity contribution in [3.05, 3.63) is 94.8 Å². The minimum absolute atomic E-state index is 0.126. The zero-order chi connectivity index (χ0) is 22.6. The Morgan fingerprint density at radius 1 is 0.938 bits per heavy atom. The predicted octanol–water partition coefficient (Wildman–Crippen LogP) is 6.86. The molecule has 32 heavy (non-hydrogen) atoms. The number of anilines is 1. The first-order valence-corrected chi connectivity index (χ1v) is 11.3. The summed E-state index contributed by atoms with van der Waals surface area (Å²) < 4.78 is 20.8. The first-order chi connectivity index (χ1) is 15.5. The van der Waals surface area contributed by atoms with Crippen LogP contribution in [0.15, 0.2) is 66.7 Å². The fraction of sp³-hybridized carbons (Fsp3) is 0.321. The van der Waals surface area contributed by atoms with Gasteiger partial charge in [-0.1, -0.05) is 67.8 Å². The normalized spacial score (nSPS) is 15.2. The predicted molar refractivity (Wildman–Crippen MR) is 126 cm³/mol. The molecule has 4 heteroatoms. The van der Waals surface area contributed by atoms with E-state index in [0.29, 0.717) is 25.0 Å². The standard InChI is InChI=1S/C28H30FNO2/c1-20-17-23(18-21(2)26(20)32-19-22-11-5-3-6-12-22)30-27(31)28(15-9-4-10-16-28)24-13-7-8-14-25(24)29/h3,5-8,11-14,17-18H,4,9-10,15-16,19H2,1-2H3,(H,30,31). The Bertz CT molecular complexity index is 1060. The molecule has 3 aromatic rings. The first-order valence-electron chi connectivity index (χ1n) is 11.3. The Balaban J connectivity index is 1.56. The third-order valence-electron chi connectivity index (χ3n) is 6.48. The molecule has 4 rings (SSSR count). The molecule has 3 nitrogen and oxygen atoms in total. The van der Waals surface area contributed by atoms with Gasteiger partial charge in [0.05, 0.1) is 5.41 Å². The van der Waals surface area contributed by atoms with Gasteiger partial charge in [0.15, 0.2) is 0 Å². The molecule has 0 unspecified atom stereocenters. The lowest BCUT2D eigenvalue weighted by atomic mass is 9.68. The van der Waals surface area contributed by atoms with Crippen LogP contribution in [0.3, 0.4) is 0 Å². The molecule has 1 amide bonds. The van der Waals surface area contributed by atoms with Crippen LogP contribution in [-0.2, 0) is 16.8 Å². The number of rotatable bonds is 6. The summed E-state index contributed by atoms with van der Waals surface area (Å²) in [6.07, 6.45) is 4.25. The van der Waals surface area contributed by atoms with Crippen LogP contribution in [0.4, 0.5) is 10.1 Å². The second-order valence-electron chi connectivity index (χ2n) is 8.79. The van der Waals surface area contributed by atoms with Crippen molar-refractivity contribution in [2.24, 2.45) is 0 Å². The Morgan fingerprint density at radius 2 is 1.56 bits per heavy atom. The van der Waals surface area contributed by atoms with Gasteiger partial charge in [-0.15, -0.1) is 0 Å². The molecule has 1 saturated carbocycles. The van der Waals surface area contributed by atoms with E-state index in [-0.39, 0.29) is 11.7 Å². The number of halogens is 1. The van der Waals surface area contributed by atoms with Crippen LogP contribution >= 0.6 is 0 Å². The highest BCUT2D eigenvalue weighted by molar-refractivity contribution is 5.99. The van der Waals surface area contributed by atoms with E-state index in [2.05, 4.69) is 5.32 Å². The lowest BCUT2D eigenvalue weighted by Gasteiger charge is -2.36. The molecule has 0 atom stereocenters. The lowest BCUT2D eigenvalue weighted by molar-refractivity contribution is -0.122. The Kier molecular flexibility index (Phi) is 6.59. The molecule has 0 aromatic heterocycles. The van der Waals surface area contributed by atoms with E-state index in [1.165, 1.54) is 6.07 Å². The number of aryl methyl sites for hydroxylation is 2. The van der Waals surface area contributed by atoms with Gasteiger partial charge in [-0.2, -0.15) is 0 Å². The van der Waals surface area contributed by atoms with Crippen LogP contribution in [-0.4, -0.2) is 5.91 Å². The van der Waals surface area contributed by atoms with Crippen LogP contribution in [0.5, 0.6) is 5.75 Å². The third-order valence-corrected chi connectivity index (χ3v) is 6.48. The maximum atomic E-state index is 14.7. The summed E-state index contributed by atoms with van der Waals surface area (Å²) in [6, 6.07) is 20.6. The Labute approximate surface area is 189 Å². The molecule has 3 aromatic carbocycles. The van der Waals surface area contributed by atoms with Crippen molar-refractivity contribution in [3.8, 4) is 5.75 Å². The van der Waals surface area contributed by atoms with Crippen molar-refractivity contribution in [3.63, 3.8) is 0 Å². The van der Waals surface area contributed by atoms with Crippen molar-refractivity contribution in [1.29, 1.82) is 0 Å². The summed E-state index contributed by atoms with van der Waals surface area (Å²) in [5.41, 5.74) is 3.42. The van der Waals surface area contributed by atoms with Crippen molar-refractivity contribution in [2.75, 3.05) is 5.32 Å². The SMILES string of the molecule is Cc1cc(NC(=O)C2(c3ccccc3F)CCCCC2)cc(C)c1OCc1ccccc1. The zero-order valence-electron chi connectivity index (χ0n) is 18.8. The van der Waals surface area contributed by atoms with Gasteiger partial charge >= 0.3 is 0 Å². The molecular weight excluding hydrogens is 401 g/mol. The zero-order valence-corrected chi connectivity index (χ0v) is 18.8. The van der Waals surface area contributed by atoms with Gasteiger partial charge in [-0.25, -0.2) is 4.39 Å². The maximum absolute atomic E-state index is 14.7. The summed E-state index contributed by atoms with van der Waals surface area (Å²) in [5.74, 6) is 0.397. The number of nitrogens with one attached hydrogen (secondary N) is 1. The van der Waals surface area contributed by atoms with E-state index >= 15 is 0 Å². The minimum atomic E-state index is -0.826. The average molecular weight is 432 g/mol. The van der Waals surface area contributed by atoms with Gasteiger partial charge in [0.1, 0.15) is 18.2 Å². The smallest absolute Gasteiger partial charge is 0.235 e. The highest BCUT2D eigenvalue weighted by Crippen LogP contribution is 2.42. The molecule has 0 radical (unpaired) electrons. The van der Waals surface area contributed by atoms with Crippen molar-refractivity contribution < 1.29 is 13.9 Å². The van der Waals surface area contributed by atoms with Gasteiger partial charge in [-0.3, -0.25) is 4.79 Å². The molecule has 1 aliphatic rings. The van der Waals surface area contributed by atoms with Crippen molar-refractivity contribution in [1.82, 2.24) is 0 Å². The van der Waals surface area contributed by atoms with E-state index in [9.17, 15) is 9.18 Å². The van der Waals surface area contributed by atoms with E-state index in [1.54, 1.807) is 12.1 Å². The van der Waals surface area contributed by atoms with Gasteiger partial charge < -0.3 is 10.1 Å². The average Bonchev–Trinajstić information content (AvgIpc) is 2.80. The highest BCUT2D eigenvalue weighted by atomic mass is 19.1. The largest absolute Gasteiger partial charge is 0.488 e. The lowest BCUT2D eigenvalue weighted by Crippen LogP contribution is -2.42. The molecule has 0 saturated heterocycles. The summed E-state index contributed by atoms with van der Waals surface area (Å²) in [6.45, 7) is 4.46. The second kappa shape index (κ2) is 9.56. The molecule has 1 fully saturated rings. The van der Waals surface area contributed by atoms with Gasteiger partial charge in [-0.05, 0) is 61.6 Å². The van der Waals surface area contributed by atoms with Crippen molar-refractivity contribution >= 4 is 11.6 Å². The fourth-order valence-corrected chi connectivity index (χ4v) is 4.85. The van der Waals surface area contributed by atoms with Gasteiger partial charge in [0.25, 0.3) is 0 Å². The van der Waals surface area contributed by atoms with E-state index in [1.807, 2.05) is 62.4 Å². The van der Waals surface area contributed by atoms with E-state index in [4.69, 9.17) is 4.74 Å². The van der Waals surface area contributed by atoms with Crippen LogP contribution in [0.25, 0.3) is 0 Å². The third kappa shape index (κ3) is 4.55. The summed E-state index contributed by atoms with van der Waals surface area (Å²) in [4.78, 5) is 13.6. The molecular formula is C28H30FNO2. The quantitative estimate of drug-likeness (QED) is 0.463. The Hall–Kier alpha value is -3.14. The number of carbonyl (C=O) groups excluding carboxylic acids is 1. The molecule has 0 heterocycles. The number of ether oxygens (including phenoxy) is 1. The number of amides is 1. The van der Waals surface area contributed by atoms with Gasteiger partial charge in [0.2, 0.25) is 5.91 Å². The molecule has 1 aliphatic carbocycles. The first kappa shape index (κ1) is 22.1. The van der Waals surface area contributed by atoms with Crippen LogP contribution in [0.1, 0.15) is 54.4 Å².